The molecule has 3 aromatic heterocycles. The second-order valence-electron chi connectivity index (χ2n) is 4.56. The SMILES string of the molecule is N#Cc1c(-c2cccs2)cc(-c2cccs2)nc1SCC(N)=O. The van der Waals surface area contributed by atoms with Gasteiger partial charge in [0.05, 0.1) is 21.9 Å². The van der Waals surface area contributed by atoms with Gasteiger partial charge in [-0.1, -0.05) is 23.9 Å². The number of hydrogen-bond donors (Lipinski definition) is 1. The van der Waals surface area contributed by atoms with Crippen molar-refractivity contribution in [1.82, 2.24) is 4.98 Å². The predicted molar refractivity (Wildman–Crippen MR) is 95.5 cm³/mol. The van der Waals surface area contributed by atoms with E-state index in [0.717, 1.165) is 21.0 Å². The molecule has 0 saturated heterocycles. The van der Waals surface area contributed by atoms with Gasteiger partial charge in [0.2, 0.25) is 5.91 Å². The van der Waals surface area contributed by atoms with Crippen LogP contribution in [0.4, 0.5) is 0 Å². The Morgan fingerprint density at radius 2 is 1.96 bits per heavy atom. The molecule has 0 aliphatic heterocycles. The van der Waals surface area contributed by atoms with Crippen molar-refractivity contribution in [2.24, 2.45) is 5.73 Å². The van der Waals surface area contributed by atoms with Crippen molar-refractivity contribution in [3.63, 3.8) is 0 Å². The zero-order valence-corrected chi connectivity index (χ0v) is 14.3. The summed E-state index contributed by atoms with van der Waals surface area (Å²) in [7, 11) is 0. The van der Waals surface area contributed by atoms with Gasteiger partial charge in [-0.15, -0.1) is 22.7 Å². The standard InChI is InChI=1S/C16H11N3OS3/c17-8-11-10(13-3-1-5-21-13)7-12(14-4-2-6-22-14)19-16(11)23-9-15(18)20/h1-7H,9H2,(H2,18,20). The second-order valence-corrected chi connectivity index (χ2v) is 7.42. The Hall–Kier alpha value is -2.14. The van der Waals surface area contributed by atoms with Crippen molar-refractivity contribution in [3.8, 4) is 27.1 Å². The van der Waals surface area contributed by atoms with Crippen LogP contribution in [0.2, 0.25) is 0 Å². The molecule has 0 bridgehead atoms. The minimum Gasteiger partial charge on any atom is -0.369 e. The lowest BCUT2D eigenvalue weighted by Gasteiger charge is -2.09. The molecule has 3 rings (SSSR count). The van der Waals surface area contributed by atoms with Crippen LogP contribution in [0.5, 0.6) is 0 Å². The van der Waals surface area contributed by atoms with Gasteiger partial charge in [0.25, 0.3) is 0 Å². The highest BCUT2D eigenvalue weighted by Crippen LogP contribution is 2.36. The van der Waals surface area contributed by atoms with Crippen LogP contribution in [-0.4, -0.2) is 16.6 Å². The van der Waals surface area contributed by atoms with E-state index in [9.17, 15) is 10.1 Å². The third kappa shape index (κ3) is 3.45. The number of thioether (sulfide) groups is 1. The quantitative estimate of drug-likeness (QED) is 0.700. The molecule has 0 atom stereocenters. The van der Waals surface area contributed by atoms with E-state index in [-0.39, 0.29) is 5.75 Å². The topological polar surface area (TPSA) is 79.8 Å². The van der Waals surface area contributed by atoms with Gasteiger partial charge < -0.3 is 5.73 Å². The number of pyridine rings is 1. The van der Waals surface area contributed by atoms with Gasteiger partial charge in [0.15, 0.2) is 0 Å². The zero-order chi connectivity index (χ0) is 16.2. The molecule has 0 aromatic carbocycles. The fraction of sp³-hybridized carbons (Fsp3) is 0.0625. The Morgan fingerprint density at radius 3 is 2.52 bits per heavy atom. The van der Waals surface area contributed by atoms with Crippen LogP contribution in [0, 0.1) is 11.3 Å². The van der Waals surface area contributed by atoms with Crippen molar-refractivity contribution >= 4 is 40.3 Å². The summed E-state index contributed by atoms with van der Waals surface area (Å²) in [5.74, 6) is -0.334. The molecule has 0 radical (unpaired) electrons. The average Bonchev–Trinajstić information content (AvgIpc) is 3.24. The lowest BCUT2D eigenvalue weighted by molar-refractivity contribution is -0.115. The third-order valence-electron chi connectivity index (χ3n) is 3.01. The molecule has 0 unspecified atom stereocenters. The van der Waals surface area contributed by atoms with Crippen LogP contribution >= 0.6 is 34.4 Å². The van der Waals surface area contributed by atoms with Crippen molar-refractivity contribution < 1.29 is 4.79 Å². The Balaban J connectivity index is 2.17. The molecule has 23 heavy (non-hydrogen) atoms. The molecular formula is C16H11N3OS3. The Bertz CT molecular complexity index is 865. The maximum atomic E-state index is 11.1. The number of nitrogens with zero attached hydrogens (tertiary/aromatic N) is 2. The van der Waals surface area contributed by atoms with Crippen LogP contribution in [0.25, 0.3) is 21.0 Å². The molecule has 7 heteroatoms. The predicted octanol–water partition coefficient (Wildman–Crippen LogP) is 3.99. The summed E-state index contributed by atoms with van der Waals surface area (Å²) in [5, 5.41) is 14.1. The smallest absolute Gasteiger partial charge is 0.227 e. The summed E-state index contributed by atoms with van der Waals surface area (Å²) in [5.41, 5.74) is 7.36. The van der Waals surface area contributed by atoms with Gasteiger partial charge in [-0.2, -0.15) is 5.26 Å². The number of nitrogens with two attached hydrogens (primary N) is 1. The highest BCUT2D eigenvalue weighted by molar-refractivity contribution is 8.00. The minimum atomic E-state index is -0.431. The highest BCUT2D eigenvalue weighted by Gasteiger charge is 2.17. The van der Waals surface area contributed by atoms with Crippen molar-refractivity contribution in [3.05, 3.63) is 46.7 Å². The summed E-state index contributed by atoms with van der Waals surface area (Å²) in [6.45, 7) is 0. The summed E-state index contributed by atoms with van der Waals surface area (Å²) < 4.78 is 0. The lowest BCUT2D eigenvalue weighted by atomic mass is 10.1. The van der Waals surface area contributed by atoms with Crippen LogP contribution < -0.4 is 5.73 Å². The number of primary amides is 1. The first-order chi connectivity index (χ1) is 11.2. The fourth-order valence-corrected chi connectivity index (χ4v) is 4.23. The number of aromatic nitrogens is 1. The normalized spacial score (nSPS) is 10.4. The lowest BCUT2D eigenvalue weighted by Crippen LogP contribution is -2.13. The molecule has 0 saturated carbocycles. The minimum absolute atomic E-state index is 0.0967. The summed E-state index contributed by atoms with van der Waals surface area (Å²) >= 11 is 4.36. The molecule has 114 valence electrons. The summed E-state index contributed by atoms with van der Waals surface area (Å²) in [4.78, 5) is 17.7. The molecular weight excluding hydrogens is 346 g/mol. The molecule has 3 heterocycles. The first-order valence-corrected chi connectivity index (χ1v) is 9.37. The van der Waals surface area contributed by atoms with Gasteiger partial charge in [0, 0.05) is 10.4 Å². The van der Waals surface area contributed by atoms with E-state index in [2.05, 4.69) is 11.1 Å². The third-order valence-corrected chi connectivity index (χ3v) is 5.80. The van der Waals surface area contributed by atoms with E-state index in [1.165, 1.54) is 11.8 Å². The summed E-state index contributed by atoms with van der Waals surface area (Å²) in [6.07, 6.45) is 0. The number of nitriles is 1. The van der Waals surface area contributed by atoms with Crippen LogP contribution in [0.15, 0.2) is 46.1 Å². The van der Waals surface area contributed by atoms with E-state index in [4.69, 9.17) is 5.73 Å². The maximum Gasteiger partial charge on any atom is 0.227 e. The average molecular weight is 357 g/mol. The number of carbonyl (C=O) groups excluding carboxylic acids is 1. The van der Waals surface area contributed by atoms with E-state index >= 15 is 0 Å². The fourth-order valence-electron chi connectivity index (χ4n) is 2.05. The van der Waals surface area contributed by atoms with E-state index in [1.54, 1.807) is 22.7 Å². The highest BCUT2D eigenvalue weighted by atomic mass is 32.2. The van der Waals surface area contributed by atoms with Crippen LogP contribution in [0.3, 0.4) is 0 Å². The molecule has 0 fully saturated rings. The van der Waals surface area contributed by atoms with E-state index in [0.29, 0.717) is 10.6 Å². The molecule has 3 aromatic rings. The first-order valence-electron chi connectivity index (χ1n) is 6.63. The number of hydrogen-bond acceptors (Lipinski definition) is 6. The molecule has 2 N–H and O–H groups in total. The van der Waals surface area contributed by atoms with Crippen LogP contribution in [0.1, 0.15) is 5.56 Å². The molecule has 4 nitrogen and oxygen atoms in total. The van der Waals surface area contributed by atoms with Gasteiger partial charge >= 0.3 is 0 Å². The van der Waals surface area contributed by atoms with E-state index < -0.39 is 5.91 Å². The van der Waals surface area contributed by atoms with Gasteiger partial charge in [-0.05, 0) is 29.0 Å². The molecule has 0 aliphatic carbocycles. The number of rotatable bonds is 5. The number of amides is 1. The summed E-state index contributed by atoms with van der Waals surface area (Å²) in [6, 6.07) is 12.0. The van der Waals surface area contributed by atoms with Gasteiger partial charge in [-0.3, -0.25) is 4.79 Å². The maximum absolute atomic E-state index is 11.1. The number of thiophene rings is 2. The Kier molecular flexibility index (Phi) is 4.76. The zero-order valence-electron chi connectivity index (χ0n) is 11.9. The van der Waals surface area contributed by atoms with Gasteiger partial charge in [-0.25, -0.2) is 4.98 Å². The number of carbonyl (C=O) groups is 1. The Labute approximate surface area is 145 Å². The second kappa shape index (κ2) is 6.96. The van der Waals surface area contributed by atoms with Crippen molar-refractivity contribution in [2.45, 2.75) is 5.03 Å². The Morgan fingerprint density at radius 1 is 1.26 bits per heavy atom. The van der Waals surface area contributed by atoms with Crippen molar-refractivity contribution in [1.29, 1.82) is 5.26 Å². The monoisotopic (exact) mass is 357 g/mol. The first kappa shape index (κ1) is 15.7. The van der Waals surface area contributed by atoms with Crippen LogP contribution in [-0.2, 0) is 4.79 Å². The molecule has 0 aliphatic rings. The van der Waals surface area contributed by atoms with Crippen molar-refractivity contribution in [2.75, 3.05) is 5.75 Å². The largest absolute Gasteiger partial charge is 0.369 e. The molecule has 0 spiro atoms. The van der Waals surface area contributed by atoms with Gasteiger partial charge in [0.1, 0.15) is 11.1 Å². The van der Waals surface area contributed by atoms with E-state index in [1.807, 2.05) is 41.1 Å². The molecule has 1 amide bonds.